The lowest BCUT2D eigenvalue weighted by Gasteiger charge is -2.21. The fourth-order valence-corrected chi connectivity index (χ4v) is 3.14. The first kappa shape index (κ1) is 12.6. The Labute approximate surface area is 107 Å². The molecule has 0 unspecified atom stereocenters. The van der Waals surface area contributed by atoms with Crippen molar-refractivity contribution in [2.75, 3.05) is 13.1 Å². The summed E-state index contributed by atoms with van der Waals surface area (Å²) in [6.45, 7) is 4.72. The number of aryl methyl sites for hydroxylation is 1. The second-order valence-electron chi connectivity index (χ2n) is 4.48. The first-order valence-corrected chi connectivity index (χ1v) is 7.23. The van der Waals surface area contributed by atoms with Gasteiger partial charge in [-0.2, -0.15) is 0 Å². The number of amides is 1. The van der Waals surface area contributed by atoms with Crippen molar-refractivity contribution in [2.45, 2.75) is 32.7 Å². The average Bonchev–Trinajstić information content (AvgIpc) is 2.84. The molecule has 1 aromatic heterocycles. The highest BCUT2D eigenvalue weighted by molar-refractivity contribution is 7.10. The zero-order valence-corrected chi connectivity index (χ0v) is 11.1. The average molecular weight is 252 g/mol. The van der Waals surface area contributed by atoms with Gasteiger partial charge < -0.3 is 10.6 Å². The summed E-state index contributed by atoms with van der Waals surface area (Å²) in [7, 11) is 0. The molecule has 2 N–H and O–H groups in total. The Hall–Kier alpha value is -0.870. The van der Waals surface area contributed by atoms with Crippen LogP contribution in [-0.2, 0) is 17.8 Å². The molecule has 17 heavy (non-hydrogen) atoms. The second-order valence-corrected chi connectivity index (χ2v) is 5.48. The third kappa shape index (κ3) is 3.30. The van der Waals surface area contributed by atoms with E-state index in [1.165, 1.54) is 10.4 Å². The van der Waals surface area contributed by atoms with Gasteiger partial charge in [0.25, 0.3) is 0 Å². The Balaban J connectivity index is 1.83. The molecule has 0 spiro atoms. The van der Waals surface area contributed by atoms with Crippen LogP contribution >= 0.6 is 11.3 Å². The van der Waals surface area contributed by atoms with Gasteiger partial charge in [-0.3, -0.25) is 4.79 Å². The Kier molecular flexibility index (Phi) is 4.57. The van der Waals surface area contributed by atoms with E-state index in [-0.39, 0.29) is 11.8 Å². The van der Waals surface area contributed by atoms with Gasteiger partial charge in [0.2, 0.25) is 5.91 Å². The first-order chi connectivity index (χ1) is 8.31. The summed E-state index contributed by atoms with van der Waals surface area (Å²) in [4.78, 5) is 13.2. The summed E-state index contributed by atoms with van der Waals surface area (Å²) < 4.78 is 0. The molecule has 0 aromatic carbocycles. The molecule has 0 saturated carbocycles. The fourth-order valence-electron chi connectivity index (χ4n) is 2.22. The van der Waals surface area contributed by atoms with Crippen molar-refractivity contribution in [2.24, 2.45) is 5.92 Å². The lowest BCUT2D eigenvalue weighted by molar-refractivity contribution is -0.125. The molecule has 1 atom stereocenters. The number of carbonyl (C=O) groups excluding carboxylic acids is 1. The molecular weight excluding hydrogens is 232 g/mol. The van der Waals surface area contributed by atoms with E-state index in [0.29, 0.717) is 6.54 Å². The van der Waals surface area contributed by atoms with Crippen LogP contribution in [0.5, 0.6) is 0 Å². The minimum atomic E-state index is 0.161. The molecule has 4 heteroatoms. The highest BCUT2D eigenvalue weighted by atomic mass is 32.1. The smallest absolute Gasteiger partial charge is 0.224 e. The van der Waals surface area contributed by atoms with E-state index in [9.17, 15) is 4.79 Å². The van der Waals surface area contributed by atoms with Crippen LogP contribution < -0.4 is 10.6 Å². The van der Waals surface area contributed by atoms with Crippen LogP contribution in [0.3, 0.4) is 0 Å². The molecule has 0 bridgehead atoms. The molecule has 2 rings (SSSR count). The molecule has 94 valence electrons. The molecule has 0 aliphatic carbocycles. The van der Waals surface area contributed by atoms with E-state index >= 15 is 0 Å². The molecule has 0 radical (unpaired) electrons. The first-order valence-electron chi connectivity index (χ1n) is 6.35. The highest BCUT2D eigenvalue weighted by Gasteiger charge is 2.20. The summed E-state index contributed by atoms with van der Waals surface area (Å²) in [6, 6.07) is 2.15. The van der Waals surface area contributed by atoms with Crippen molar-refractivity contribution in [3.8, 4) is 0 Å². The van der Waals surface area contributed by atoms with Crippen LogP contribution in [0.4, 0.5) is 0 Å². The van der Waals surface area contributed by atoms with E-state index in [4.69, 9.17) is 0 Å². The monoisotopic (exact) mass is 252 g/mol. The van der Waals surface area contributed by atoms with Gasteiger partial charge >= 0.3 is 0 Å². The van der Waals surface area contributed by atoms with Crippen molar-refractivity contribution in [3.05, 3.63) is 21.9 Å². The number of piperidine rings is 1. The topological polar surface area (TPSA) is 41.1 Å². The number of nitrogens with one attached hydrogen (secondary N) is 2. The molecule has 1 aromatic rings. The van der Waals surface area contributed by atoms with Crippen LogP contribution in [-0.4, -0.2) is 19.0 Å². The molecule has 1 saturated heterocycles. The quantitative estimate of drug-likeness (QED) is 0.859. The summed E-state index contributed by atoms with van der Waals surface area (Å²) in [5.74, 6) is 0.362. The van der Waals surface area contributed by atoms with E-state index < -0.39 is 0 Å². The molecule has 1 amide bonds. The maximum absolute atomic E-state index is 11.9. The SMILES string of the molecule is CCc1ccsc1CNC(=O)[C@@H]1CCCNC1. The van der Waals surface area contributed by atoms with Crippen LogP contribution in [0, 0.1) is 5.92 Å². The van der Waals surface area contributed by atoms with Gasteiger partial charge in [-0.1, -0.05) is 6.92 Å². The molecule has 1 aliphatic rings. The van der Waals surface area contributed by atoms with Crippen molar-refractivity contribution in [1.82, 2.24) is 10.6 Å². The Morgan fingerprint density at radius 2 is 2.53 bits per heavy atom. The summed E-state index contributed by atoms with van der Waals surface area (Å²) in [5, 5.41) is 8.43. The predicted molar refractivity (Wildman–Crippen MR) is 71.1 cm³/mol. The normalized spacial score (nSPS) is 20.2. The van der Waals surface area contributed by atoms with Crippen molar-refractivity contribution >= 4 is 17.2 Å². The van der Waals surface area contributed by atoms with Crippen molar-refractivity contribution in [1.29, 1.82) is 0 Å². The van der Waals surface area contributed by atoms with Gasteiger partial charge in [-0.15, -0.1) is 11.3 Å². The van der Waals surface area contributed by atoms with E-state index in [1.807, 2.05) is 0 Å². The minimum Gasteiger partial charge on any atom is -0.351 e. The highest BCUT2D eigenvalue weighted by Crippen LogP contribution is 2.17. The van der Waals surface area contributed by atoms with Crippen LogP contribution in [0.25, 0.3) is 0 Å². The molecule has 3 nitrogen and oxygen atoms in total. The van der Waals surface area contributed by atoms with E-state index in [0.717, 1.165) is 32.4 Å². The Morgan fingerprint density at radius 3 is 3.24 bits per heavy atom. The summed E-state index contributed by atoms with van der Waals surface area (Å²) in [6.07, 6.45) is 3.17. The van der Waals surface area contributed by atoms with Crippen molar-refractivity contribution in [3.63, 3.8) is 0 Å². The molecule has 2 heterocycles. The minimum absolute atomic E-state index is 0.161. The number of carbonyl (C=O) groups is 1. The molecular formula is C13H20N2OS. The maximum Gasteiger partial charge on any atom is 0.224 e. The number of rotatable bonds is 4. The van der Waals surface area contributed by atoms with Crippen LogP contribution in [0.15, 0.2) is 11.4 Å². The number of hydrogen-bond donors (Lipinski definition) is 2. The van der Waals surface area contributed by atoms with Gasteiger partial charge in [0.15, 0.2) is 0 Å². The van der Waals surface area contributed by atoms with Gasteiger partial charge in [-0.25, -0.2) is 0 Å². The predicted octanol–water partition coefficient (Wildman–Crippen LogP) is 1.93. The third-order valence-electron chi connectivity index (χ3n) is 3.31. The Morgan fingerprint density at radius 1 is 1.65 bits per heavy atom. The summed E-state index contributed by atoms with van der Waals surface area (Å²) >= 11 is 1.73. The van der Waals surface area contributed by atoms with Crippen molar-refractivity contribution < 1.29 is 4.79 Å². The van der Waals surface area contributed by atoms with E-state index in [2.05, 4.69) is 29.0 Å². The lowest BCUT2D eigenvalue weighted by Crippen LogP contribution is -2.40. The third-order valence-corrected chi connectivity index (χ3v) is 4.27. The molecule has 1 fully saturated rings. The number of thiophene rings is 1. The zero-order valence-electron chi connectivity index (χ0n) is 10.3. The summed E-state index contributed by atoms with van der Waals surface area (Å²) in [5.41, 5.74) is 1.36. The van der Waals surface area contributed by atoms with Gasteiger partial charge in [0.1, 0.15) is 0 Å². The van der Waals surface area contributed by atoms with Crippen LogP contribution in [0.1, 0.15) is 30.2 Å². The van der Waals surface area contributed by atoms with Gasteiger partial charge in [0, 0.05) is 11.4 Å². The number of hydrogen-bond acceptors (Lipinski definition) is 3. The maximum atomic E-state index is 11.9. The van der Waals surface area contributed by atoms with Crippen LogP contribution in [0.2, 0.25) is 0 Å². The fraction of sp³-hybridized carbons (Fsp3) is 0.615. The van der Waals surface area contributed by atoms with E-state index in [1.54, 1.807) is 11.3 Å². The second kappa shape index (κ2) is 6.17. The zero-order chi connectivity index (χ0) is 12.1. The standard InChI is InChI=1S/C13H20N2OS/c1-2-10-5-7-17-12(10)9-15-13(16)11-4-3-6-14-8-11/h5,7,11,14H,2-4,6,8-9H2,1H3,(H,15,16)/t11-/m1/s1. The lowest BCUT2D eigenvalue weighted by atomic mass is 9.99. The molecule has 1 aliphatic heterocycles. The Bertz CT molecular complexity index is 369. The largest absolute Gasteiger partial charge is 0.351 e. The van der Waals surface area contributed by atoms with Gasteiger partial charge in [-0.05, 0) is 42.8 Å². The van der Waals surface area contributed by atoms with Gasteiger partial charge in [0.05, 0.1) is 12.5 Å².